The van der Waals surface area contributed by atoms with Crippen molar-refractivity contribution in [3.63, 3.8) is 0 Å². The number of esters is 4. The fourth-order valence-corrected chi connectivity index (χ4v) is 9.06. The van der Waals surface area contributed by atoms with Crippen LogP contribution in [0, 0.1) is 0 Å². The second-order valence-electron chi connectivity index (χ2n) is 19.7. The number of carbonyl (C=O) groups is 4. The Labute approximate surface area is 416 Å². The molecular weight excluding hydrogens is 863 g/mol. The van der Waals surface area contributed by atoms with E-state index in [9.17, 15) is 19.2 Å². The van der Waals surface area contributed by atoms with Crippen molar-refractivity contribution in [3.05, 3.63) is 0 Å². The molecular formula is C55H103N3O8S. The summed E-state index contributed by atoms with van der Waals surface area (Å²) in [6, 6.07) is -0.485. The number of rotatable bonds is 45. The minimum absolute atomic E-state index is 0.00312. The molecule has 1 saturated heterocycles. The molecule has 0 saturated carbocycles. The Morgan fingerprint density at radius 2 is 1.01 bits per heavy atom. The molecule has 2 unspecified atom stereocenters. The van der Waals surface area contributed by atoms with E-state index in [-0.39, 0.29) is 42.5 Å². The molecule has 0 bridgehead atoms. The van der Waals surface area contributed by atoms with Crippen molar-refractivity contribution in [2.45, 2.75) is 283 Å². The van der Waals surface area contributed by atoms with Crippen LogP contribution in [0.2, 0.25) is 0 Å². The standard InChI is InChI=1S/C55H103N3O8S/c1-7-11-14-17-20-21-25-29-36-47(10-4)64-51(59)40-33-28-34-43-58-46-49(66-53(61)41-42-56-55(67)57(5)6)45-50(58)54(62)63-44-35-27-22-26-32-39-52(60)65-48(37-30-23-18-15-12-8-2)38-31-24-19-16-13-9-3/h47-50H,7-46H2,1-6H3,(H,56,67)/t47?,49?,50-/m0/s1. The summed E-state index contributed by atoms with van der Waals surface area (Å²) in [5.41, 5.74) is 0. The van der Waals surface area contributed by atoms with E-state index in [1.165, 1.54) is 109 Å². The average Bonchev–Trinajstić information content (AvgIpc) is 3.71. The van der Waals surface area contributed by atoms with Gasteiger partial charge in [0.1, 0.15) is 24.4 Å². The summed E-state index contributed by atoms with van der Waals surface area (Å²) in [5.74, 6) is -0.779. The SMILES string of the molecule is CCCCCCCCCCC(CC)OC(=O)CCCCCN1CC(OC(=O)CCNC(=S)N(C)C)C[C@H]1C(=O)OCCCCCCCC(=O)OC(CCCCCCCC)CCCCCCCC. The fraction of sp³-hybridized carbons (Fsp3) is 0.909. The summed E-state index contributed by atoms with van der Waals surface area (Å²) in [5, 5.41) is 3.61. The summed E-state index contributed by atoms with van der Waals surface area (Å²) >= 11 is 5.26. The molecule has 1 N–H and O–H groups in total. The van der Waals surface area contributed by atoms with Gasteiger partial charge in [-0.25, -0.2) is 0 Å². The molecule has 1 fully saturated rings. The monoisotopic (exact) mass is 966 g/mol. The Hall–Kier alpha value is -2.47. The number of nitrogens with one attached hydrogen (secondary N) is 1. The molecule has 0 aromatic rings. The Morgan fingerprint density at radius 1 is 0.567 bits per heavy atom. The third-order valence-corrected chi connectivity index (χ3v) is 13.7. The third kappa shape index (κ3) is 35.3. The van der Waals surface area contributed by atoms with E-state index >= 15 is 0 Å². The van der Waals surface area contributed by atoms with Gasteiger partial charge < -0.3 is 29.2 Å². The molecule has 1 rings (SSSR count). The van der Waals surface area contributed by atoms with Crippen molar-refractivity contribution in [1.82, 2.24) is 15.1 Å². The lowest BCUT2D eigenvalue weighted by atomic mass is 10.0. The van der Waals surface area contributed by atoms with Crippen LogP contribution < -0.4 is 5.32 Å². The van der Waals surface area contributed by atoms with Crippen LogP contribution in [-0.2, 0) is 38.1 Å². The zero-order chi connectivity index (χ0) is 49.2. The molecule has 11 nitrogen and oxygen atoms in total. The fourth-order valence-electron chi connectivity index (χ4n) is 8.95. The quantitative estimate of drug-likeness (QED) is 0.0270. The smallest absolute Gasteiger partial charge is 0.323 e. The summed E-state index contributed by atoms with van der Waals surface area (Å²) in [7, 11) is 3.69. The van der Waals surface area contributed by atoms with Crippen LogP contribution in [-0.4, -0.2) is 103 Å². The van der Waals surface area contributed by atoms with Gasteiger partial charge >= 0.3 is 23.9 Å². The highest BCUT2D eigenvalue weighted by Gasteiger charge is 2.39. The highest BCUT2D eigenvalue weighted by Crippen LogP contribution is 2.24. The molecule has 0 aromatic carbocycles. The minimum atomic E-state index is -0.485. The Bertz CT molecular complexity index is 1240. The molecule has 392 valence electrons. The van der Waals surface area contributed by atoms with Gasteiger partial charge in [0.05, 0.1) is 13.0 Å². The molecule has 12 heteroatoms. The van der Waals surface area contributed by atoms with Crippen molar-refractivity contribution in [1.29, 1.82) is 0 Å². The summed E-state index contributed by atoms with van der Waals surface area (Å²) < 4.78 is 23.5. The maximum absolute atomic E-state index is 13.5. The number of carbonyl (C=O) groups excluding carboxylic acids is 4. The van der Waals surface area contributed by atoms with Crippen LogP contribution >= 0.6 is 12.2 Å². The highest BCUT2D eigenvalue weighted by atomic mass is 32.1. The van der Waals surface area contributed by atoms with E-state index in [0.717, 1.165) is 96.3 Å². The Morgan fingerprint density at radius 3 is 1.52 bits per heavy atom. The normalized spacial score (nSPS) is 15.4. The zero-order valence-electron chi connectivity index (χ0n) is 44.2. The van der Waals surface area contributed by atoms with Crippen LogP contribution in [0.15, 0.2) is 0 Å². The van der Waals surface area contributed by atoms with Crippen LogP contribution in [0.5, 0.6) is 0 Å². The van der Waals surface area contributed by atoms with Gasteiger partial charge in [0.25, 0.3) is 0 Å². The van der Waals surface area contributed by atoms with Crippen LogP contribution in [0.1, 0.15) is 259 Å². The lowest BCUT2D eigenvalue weighted by Crippen LogP contribution is -2.38. The van der Waals surface area contributed by atoms with Crippen LogP contribution in [0.25, 0.3) is 0 Å². The lowest BCUT2D eigenvalue weighted by Gasteiger charge is -2.22. The van der Waals surface area contributed by atoms with Gasteiger partial charge in [-0.1, -0.05) is 163 Å². The molecule has 0 aromatic heterocycles. The second kappa shape index (κ2) is 43.5. The number of hydrogen-bond acceptors (Lipinski definition) is 10. The Kier molecular flexibility index (Phi) is 40.6. The second-order valence-corrected chi connectivity index (χ2v) is 20.1. The van der Waals surface area contributed by atoms with Gasteiger partial charge in [0, 0.05) is 46.4 Å². The van der Waals surface area contributed by atoms with Gasteiger partial charge in [-0.2, -0.15) is 0 Å². The van der Waals surface area contributed by atoms with Gasteiger partial charge in [-0.05, 0) is 89.4 Å². The molecule has 0 aliphatic carbocycles. The van der Waals surface area contributed by atoms with Gasteiger partial charge in [-0.15, -0.1) is 0 Å². The number of thiocarbonyl (C=S) groups is 1. The van der Waals surface area contributed by atoms with Gasteiger partial charge in [-0.3, -0.25) is 24.1 Å². The number of nitrogens with zero attached hydrogens (tertiary/aromatic N) is 2. The first-order chi connectivity index (χ1) is 32.5. The van der Waals surface area contributed by atoms with Crippen LogP contribution in [0.4, 0.5) is 0 Å². The highest BCUT2D eigenvalue weighted by molar-refractivity contribution is 7.80. The van der Waals surface area contributed by atoms with E-state index in [1.54, 1.807) is 4.90 Å². The molecule has 0 spiro atoms. The van der Waals surface area contributed by atoms with E-state index in [2.05, 4.69) is 37.9 Å². The van der Waals surface area contributed by atoms with E-state index in [1.807, 2.05) is 14.1 Å². The topological polar surface area (TPSA) is 124 Å². The first-order valence-corrected chi connectivity index (χ1v) is 28.4. The first-order valence-electron chi connectivity index (χ1n) is 28.0. The third-order valence-electron chi connectivity index (χ3n) is 13.2. The van der Waals surface area contributed by atoms with Gasteiger partial charge in [0.15, 0.2) is 5.11 Å². The zero-order valence-corrected chi connectivity index (χ0v) is 45.0. The molecule has 3 atom stereocenters. The number of hydrogen-bond donors (Lipinski definition) is 1. The van der Waals surface area contributed by atoms with Crippen molar-refractivity contribution < 1.29 is 38.1 Å². The van der Waals surface area contributed by atoms with E-state index in [0.29, 0.717) is 50.6 Å². The summed E-state index contributed by atoms with van der Waals surface area (Å²) in [4.78, 5) is 55.6. The number of unbranched alkanes of at least 4 members (excludes halogenated alkanes) is 23. The van der Waals surface area contributed by atoms with Crippen LogP contribution in [0.3, 0.4) is 0 Å². The Balaban J connectivity index is 2.51. The average molecular weight is 967 g/mol. The minimum Gasteiger partial charge on any atom is -0.465 e. The van der Waals surface area contributed by atoms with Crippen molar-refractivity contribution >= 4 is 41.2 Å². The van der Waals surface area contributed by atoms with Crippen molar-refractivity contribution in [3.8, 4) is 0 Å². The molecule has 1 aliphatic rings. The first kappa shape index (κ1) is 62.5. The number of ether oxygens (including phenoxy) is 4. The molecule has 0 radical (unpaired) electrons. The molecule has 1 heterocycles. The summed E-state index contributed by atoms with van der Waals surface area (Å²) in [6.07, 6.45) is 36.7. The maximum atomic E-state index is 13.5. The molecule has 0 amide bonds. The predicted molar refractivity (Wildman–Crippen MR) is 279 cm³/mol. The van der Waals surface area contributed by atoms with E-state index in [4.69, 9.17) is 31.2 Å². The number of likely N-dealkylation sites (tertiary alicyclic amines) is 1. The van der Waals surface area contributed by atoms with E-state index < -0.39 is 12.1 Å². The summed E-state index contributed by atoms with van der Waals surface area (Å²) in [6.45, 7) is 10.7. The molecule has 1 aliphatic heterocycles. The predicted octanol–water partition coefficient (Wildman–Crippen LogP) is 13.5. The van der Waals surface area contributed by atoms with Crippen molar-refractivity contribution in [2.75, 3.05) is 40.3 Å². The maximum Gasteiger partial charge on any atom is 0.323 e. The molecule has 67 heavy (non-hydrogen) atoms. The van der Waals surface area contributed by atoms with Crippen molar-refractivity contribution in [2.24, 2.45) is 0 Å². The lowest BCUT2D eigenvalue weighted by molar-refractivity contribution is -0.151. The van der Waals surface area contributed by atoms with Gasteiger partial charge in [0.2, 0.25) is 0 Å². The largest absolute Gasteiger partial charge is 0.465 e.